The van der Waals surface area contributed by atoms with Crippen LogP contribution in [0.25, 0.3) is 0 Å². The van der Waals surface area contributed by atoms with Gasteiger partial charge in [-0.25, -0.2) is 0 Å². The number of rotatable bonds is 9. The topological polar surface area (TPSA) is 126 Å². The number of nitrogens with one attached hydrogen (secondary N) is 1. The van der Waals surface area contributed by atoms with Gasteiger partial charge in [0.1, 0.15) is 6.54 Å². The molecule has 1 atom stereocenters. The van der Waals surface area contributed by atoms with Gasteiger partial charge in [0, 0.05) is 11.1 Å². The SMILES string of the molecule is COc1cc(C(=O)NCC(=O)OC(C(N)=O)c2ccccc2)cc(OC)c1OC. The third-order valence-electron chi connectivity index (χ3n) is 3.93. The second kappa shape index (κ2) is 9.98. The third-order valence-corrected chi connectivity index (χ3v) is 3.93. The Kier molecular flexibility index (Phi) is 7.41. The van der Waals surface area contributed by atoms with Gasteiger partial charge in [-0.15, -0.1) is 0 Å². The fraction of sp³-hybridized carbons (Fsp3) is 0.250. The van der Waals surface area contributed by atoms with Crippen LogP contribution < -0.4 is 25.3 Å². The third kappa shape index (κ3) is 5.38. The molecule has 29 heavy (non-hydrogen) atoms. The van der Waals surface area contributed by atoms with Crippen LogP contribution in [0.3, 0.4) is 0 Å². The van der Waals surface area contributed by atoms with Gasteiger partial charge in [-0.2, -0.15) is 0 Å². The lowest BCUT2D eigenvalue weighted by molar-refractivity contribution is -0.154. The molecule has 0 saturated carbocycles. The van der Waals surface area contributed by atoms with E-state index in [-0.39, 0.29) is 17.1 Å². The lowest BCUT2D eigenvalue weighted by Crippen LogP contribution is -2.34. The zero-order valence-corrected chi connectivity index (χ0v) is 16.3. The molecule has 2 aromatic rings. The molecule has 0 bridgehead atoms. The standard InChI is InChI=1S/C20H22N2O7/c1-26-14-9-13(10-15(27-2)18(14)28-3)20(25)22-11-16(23)29-17(19(21)24)12-7-5-4-6-8-12/h4-10,17H,11H2,1-3H3,(H2,21,24)(H,22,25). The highest BCUT2D eigenvalue weighted by Gasteiger charge is 2.23. The van der Waals surface area contributed by atoms with Gasteiger partial charge in [-0.1, -0.05) is 30.3 Å². The molecule has 9 heteroatoms. The van der Waals surface area contributed by atoms with Crippen molar-refractivity contribution in [2.45, 2.75) is 6.10 Å². The van der Waals surface area contributed by atoms with E-state index in [4.69, 9.17) is 24.7 Å². The van der Waals surface area contributed by atoms with Crippen molar-refractivity contribution in [2.75, 3.05) is 27.9 Å². The Balaban J connectivity index is 2.06. The minimum Gasteiger partial charge on any atom is -0.493 e. The van der Waals surface area contributed by atoms with Crippen molar-refractivity contribution < 1.29 is 33.3 Å². The van der Waals surface area contributed by atoms with Crippen LogP contribution in [0.15, 0.2) is 42.5 Å². The molecule has 154 valence electrons. The maximum absolute atomic E-state index is 12.4. The molecule has 0 aliphatic heterocycles. The second-order valence-electron chi connectivity index (χ2n) is 5.78. The number of esters is 1. The van der Waals surface area contributed by atoms with Gasteiger partial charge in [-0.05, 0) is 12.1 Å². The van der Waals surface area contributed by atoms with Crippen LogP contribution in [-0.4, -0.2) is 45.7 Å². The van der Waals surface area contributed by atoms with Crippen LogP contribution in [0.5, 0.6) is 17.2 Å². The van der Waals surface area contributed by atoms with Crippen LogP contribution in [0.4, 0.5) is 0 Å². The number of amides is 2. The zero-order chi connectivity index (χ0) is 21.4. The fourth-order valence-electron chi connectivity index (χ4n) is 2.56. The maximum atomic E-state index is 12.4. The summed E-state index contributed by atoms with van der Waals surface area (Å²) in [6.45, 7) is -0.466. The Morgan fingerprint density at radius 2 is 1.55 bits per heavy atom. The molecule has 0 fully saturated rings. The first-order valence-electron chi connectivity index (χ1n) is 8.53. The molecule has 0 aliphatic carbocycles. The van der Waals surface area contributed by atoms with Gasteiger partial charge in [0.2, 0.25) is 11.9 Å². The number of hydrogen-bond donors (Lipinski definition) is 2. The van der Waals surface area contributed by atoms with E-state index in [0.29, 0.717) is 11.3 Å². The molecule has 2 amide bonds. The Bertz CT molecular complexity index is 859. The highest BCUT2D eigenvalue weighted by Crippen LogP contribution is 2.38. The van der Waals surface area contributed by atoms with Crippen molar-refractivity contribution in [3.8, 4) is 17.2 Å². The van der Waals surface area contributed by atoms with Gasteiger partial charge >= 0.3 is 5.97 Å². The molecule has 9 nitrogen and oxygen atoms in total. The summed E-state index contributed by atoms with van der Waals surface area (Å²) in [5.74, 6) is -1.30. The summed E-state index contributed by atoms with van der Waals surface area (Å²) in [7, 11) is 4.28. The lowest BCUT2D eigenvalue weighted by Gasteiger charge is -2.16. The van der Waals surface area contributed by atoms with E-state index < -0.39 is 30.4 Å². The second-order valence-corrected chi connectivity index (χ2v) is 5.78. The van der Waals surface area contributed by atoms with E-state index in [2.05, 4.69) is 5.32 Å². The van der Waals surface area contributed by atoms with Gasteiger partial charge < -0.3 is 30.0 Å². The summed E-state index contributed by atoms with van der Waals surface area (Å²) in [4.78, 5) is 36.1. The Morgan fingerprint density at radius 3 is 2.03 bits per heavy atom. The Labute approximate surface area is 167 Å². The van der Waals surface area contributed by atoms with Crippen LogP contribution in [0, 0.1) is 0 Å². The average Bonchev–Trinajstić information content (AvgIpc) is 2.74. The van der Waals surface area contributed by atoms with Gasteiger partial charge in [0.25, 0.3) is 11.8 Å². The summed E-state index contributed by atoms with van der Waals surface area (Å²) in [5.41, 5.74) is 5.93. The molecule has 0 aromatic heterocycles. The predicted molar refractivity (Wildman–Crippen MR) is 103 cm³/mol. The van der Waals surface area contributed by atoms with Gasteiger partial charge in [0.05, 0.1) is 21.3 Å². The smallest absolute Gasteiger partial charge is 0.326 e. The molecule has 1 unspecified atom stereocenters. The number of primary amides is 1. The van der Waals surface area contributed by atoms with E-state index in [1.165, 1.54) is 33.5 Å². The highest BCUT2D eigenvalue weighted by molar-refractivity contribution is 5.97. The lowest BCUT2D eigenvalue weighted by atomic mass is 10.1. The zero-order valence-electron chi connectivity index (χ0n) is 16.3. The van der Waals surface area contributed by atoms with Crippen molar-refractivity contribution in [1.82, 2.24) is 5.32 Å². The normalized spacial score (nSPS) is 11.1. The molecule has 0 aliphatic rings. The van der Waals surface area contributed by atoms with Crippen molar-refractivity contribution in [1.29, 1.82) is 0 Å². The quantitative estimate of drug-likeness (QED) is 0.604. The number of carbonyl (C=O) groups excluding carboxylic acids is 3. The minimum atomic E-state index is -1.25. The van der Waals surface area contributed by atoms with Gasteiger partial charge in [0.15, 0.2) is 11.5 Å². The summed E-state index contributed by atoms with van der Waals surface area (Å²) in [6.07, 6.45) is -1.25. The Morgan fingerprint density at radius 1 is 0.966 bits per heavy atom. The summed E-state index contributed by atoms with van der Waals surface area (Å²) >= 11 is 0. The molecular formula is C20H22N2O7. The van der Waals surface area contributed by atoms with E-state index >= 15 is 0 Å². The predicted octanol–water partition coefficient (Wildman–Crippen LogP) is 1.21. The summed E-state index contributed by atoms with van der Waals surface area (Å²) in [5, 5.41) is 2.42. The number of carbonyl (C=O) groups is 3. The maximum Gasteiger partial charge on any atom is 0.326 e. The number of methoxy groups -OCH3 is 3. The van der Waals surface area contributed by atoms with Crippen LogP contribution in [0.2, 0.25) is 0 Å². The van der Waals surface area contributed by atoms with Crippen molar-refractivity contribution in [3.63, 3.8) is 0 Å². The molecule has 2 aromatic carbocycles. The van der Waals surface area contributed by atoms with Crippen molar-refractivity contribution in [2.24, 2.45) is 5.73 Å². The first-order chi connectivity index (χ1) is 13.9. The van der Waals surface area contributed by atoms with E-state index in [9.17, 15) is 14.4 Å². The Hall–Kier alpha value is -3.75. The van der Waals surface area contributed by atoms with E-state index in [0.717, 1.165) is 0 Å². The number of nitrogens with two attached hydrogens (primary N) is 1. The molecule has 0 spiro atoms. The first kappa shape index (κ1) is 21.5. The molecule has 2 rings (SSSR count). The van der Waals surface area contributed by atoms with Crippen molar-refractivity contribution in [3.05, 3.63) is 53.6 Å². The number of benzene rings is 2. The molecule has 3 N–H and O–H groups in total. The average molecular weight is 402 g/mol. The summed E-state index contributed by atoms with van der Waals surface area (Å²) < 4.78 is 20.7. The van der Waals surface area contributed by atoms with Gasteiger partial charge in [-0.3, -0.25) is 14.4 Å². The number of hydrogen-bond acceptors (Lipinski definition) is 7. The van der Waals surface area contributed by atoms with E-state index in [1.54, 1.807) is 30.3 Å². The van der Waals surface area contributed by atoms with Crippen molar-refractivity contribution >= 4 is 17.8 Å². The monoisotopic (exact) mass is 402 g/mol. The summed E-state index contributed by atoms with van der Waals surface area (Å²) in [6, 6.07) is 11.2. The van der Waals surface area contributed by atoms with Crippen LogP contribution >= 0.6 is 0 Å². The van der Waals surface area contributed by atoms with Crippen LogP contribution in [-0.2, 0) is 14.3 Å². The molecule has 0 radical (unpaired) electrons. The van der Waals surface area contributed by atoms with Crippen LogP contribution in [0.1, 0.15) is 22.0 Å². The fourth-order valence-corrected chi connectivity index (χ4v) is 2.56. The minimum absolute atomic E-state index is 0.182. The first-order valence-corrected chi connectivity index (χ1v) is 8.53. The largest absolute Gasteiger partial charge is 0.493 e. The highest BCUT2D eigenvalue weighted by atomic mass is 16.5. The van der Waals surface area contributed by atoms with E-state index in [1.807, 2.05) is 0 Å². The number of ether oxygens (including phenoxy) is 4. The molecule has 0 heterocycles. The molecular weight excluding hydrogens is 380 g/mol. The molecule has 0 saturated heterocycles.